The molecule has 9 saturated heterocycles. The van der Waals surface area contributed by atoms with Crippen LogP contribution in [0.2, 0.25) is 0 Å². The van der Waals surface area contributed by atoms with Crippen LogP contribution in [0, 0.1) is 0 Å². The second kappa shape index (κ2) is 39.7. The van der Waals surface area contributed by atoms with E-state index in [1.807, 2.05) is 0 Å². The minimum absolute atomic E-state index is 0.0179. The SMILES string of the molecule is CC[C@]1(C(=O)O)O[C@@H](O[C@H]2[C@H](OS(=O)(=O)O)[C@@H](OS(=O)(=O)O)[C@@H](O[C@H]3[C@H](OC)[C@H]4OC[C@]3(C(=O)O)OC4O[C@H]3[C@H](OC)[C@@H](OS(=O)(=O)O)[C@@H](OC)O[C@@H]3COS(=O)(=O)O)O[C@@H]2COS(=O)(=O)O)[C@H](OC)[C@@H](OC)[C@@H]1O[C@@H]1O[C@H](COS(=O)(=O)O)[C@@H](O)[C@H](OC)[C@H]1NC(=O)CCCCCNC(=O)CCCCC1SCC2NC(=O)NC21. The third kappa shape index (κ3) is 24.4. The molecule has 59 heteroatoms. The van der Waals surface area contributed by atoms with E-state index in [0.717, 1.165) is 68.2 Å². The van der Waals surface area contributed by atoms with Gasteiger partial charge in [-0.25, -0.2) is 39.5 Å². The number of unbranched alkanes of at least 4 members (excludes halogenated alkanes) is 3. The molecule has 660 valence electrons. The van der Waals surface area contributed by atoms with Gasteiger partial charge in [0.15, 0.2) is 49.3 Å². The average molecular weight is 1800 g/mol. The van der Waals surface area contributed by atoms with Crippen LogP contribution in [-0.4, -0.2) is 374 Å². The second-order valence-electron chi connectivity index (χ2n) is 26.4. The van der Waals surface area contributed by atoms with E-state index in [9.17, 15) is 117 Å². The van der Waals surface area contributed by atoms with Gasteiger partial charge in [0.25, 0.3) is 0 Å². The Bertz CT molecular complexity index is 4010. The van der Waals surface area contributed by atoms with E-state index >= 15 is 0 Å². The summed E-state index contributed by atoms with van der Waals surface area (Å²) >= 11 is 1.75. The maximum Gasteiger partial charge on any atom is 0.397 e. The van der Waals surface area contributed by atoms with E-state index in [-0.39, 0.29) is 55.1 Å². The van der Waals surface area contributed by atoms with Gasteiger partial charge >= 0.3 is 80.4 Å². The minimum Gasteiger partial charge on any atom is -0.479 e. The van der Waals surface area contributed by atoms with Crippen molar-refractivity contribution >= 4 is 104 Å². The first kappa shape index (κ1) is 95.5. The molecule has 0 aromatic rings. The van der Waals surface area contributed by atoms with Gasteiger partial charge in [-0.05, 0) is 32.1 Å². The van der Waals surface area contributed by atoms with Crippen LogP contribution >= 0.6 is 11.8 Å². The molecular formula is C55H90N4O48S7. The molecule has 114 heavy (non-hydrogen) atoms. The van der Waals surface area contributed by atoms with Gasteiger partial charge in [-0.3, -0.25) is 36.9 Å². The summed E-state index contributed by atoms with van der Waals surface area (Å²) < 4.78 is 330. The molecule has 9 aliphatic heterocycles. The lowest BCUT2D eigenvalue weighted by Crippen LogP contribution is -2.78. The van der Waals surface area contributed by atoms with Gasteiger partial charge in [0.1, 0.15) is 97.6 Å². The quantitative estimate of drug-likeness (QED) is 0.0153. The number of fused-ring (bicyclic) bond motifs is 4. The number of hydrogen-bond acceptors (Lipinski definition) is 41. The van der Waals surface area contributed by atoms with Crippen LogP contribution in [0.25, 0.3) is 0 Å². The second-order valence-corrected chi connectivity index (χ2v) is 34.1. The number of thioether (sulfide) groups is 1. The molecule has 9 aliphatic rings. The summed E-state index contributed by atoms with van der Waals surface area (Å²) in [5, 5.41) is 45.5. The minimum atomic E-state index is -6.22. The Labute approximate surface area is 655 Å². The number of aliphatic hydroxyl groups excluding tert-OH is 1. The van der Waals surface area contributed by atoms with Gasteiger partial charge in [-0.15, -0.1) is 0 Å². The van der Waals surface area contributed by atoms with Gasteiger partial charge in [0.2, 0.25) is 17.4 Å². The number of carbonyl (C=O) groups is 5. The largest absolute Gasteiger partial charge is 0.479 e. The lowest BCUT2D eigenvalue weighted by molar-refractivity contribution is -0.429. The highest BCUT2D eigenvalue weighted by Gasteiger charge is 2.70. The molecule has 0 aromatic heterocycles. The molecule has 9 fully saturated rings. The number of amides is 4. The number of ether oxygens (including phenoxy) is 16. The molecule has 4 amide bonds. The molecule has 28 atom stereocenters. The standard InChI is InChI=1S/C55H90N4O48S7/c1-8-54(51(63)64)44(101-46-31(35(86-2)32(62)24(96-46)18-93-109(68,69)70)58-29(61)16-10-9-13-17-56-28(60)15-12-11-14-27-30-23(21-108-27)57-53(67)59-30)38(88-4)40(90-6)49(103-54)100-34-26(20-95-111(74,75)76)98-48(43(107-114(83,84)85)37(34)105-112(77,78)79)102-45-39(89-5)41-50(104-55(45,22-92-41)52(65)66)99-33-25(19-94-110(71,72)73)97-47(91-7)42(36(33)87-3)106-113(80,81)82/h23-27,30-50,62H,8-22H2,1-7H3,(H,56,60)(H,58,61)(H,63,64)(H,65,66)(H2,57,59,67)(H,68,69,70)(H,71,72,73)(H,74,75,76)(H,77,78,79)(H,80,81,82)(H,83,84,85)/t23?,24-,25-,26-,27?,30?,31-,32-,33-,34-,35-,36+,37+,38-,39-,40-,41-,42-,43-,44+,45+,46+,47+,48-,49-,50?,54+,55+/m1/s1. The molecule has 2 bridgehead atoms. The van der Waals surface area contributed by atoms with Crippen LogP contribution in [0.15, 0.2) is 0 Å². The predicted molar refractivity (Wildman–Crippen MR) is 362 cm³/mol. The van der Waals surface area contributed by atoms with Crippen LogP contribution < -0.4 is 21.3 Å². The Balaban J connectivity index is 1.07. The zero-order valence-electron chi connectivity index (χ0n) is 60.9. The van der Waals surface area contributed by atoms with E-state index in [1.54, 1.807) is 11.8 Å². The van der Waals surface area contributed by atoms with E-state index < -0.39 is 266 Å². The summed E-state index contributed by atoms with van der Waals surface area (Å²) in [6, 6.07) is -1.91. The zero-order chi connectivity index (χ0) is 84.6. The Kier molecular flexibility index (Phi) is 33.3. The number of methoxy groups -OCH3 is 6. The number of aliphatic hydroxyl groups is 1. The van der Waals surface area contributed by atoms with Crippen molar-refractivity contribution in [3.05, 3.63) is 0 Å². The number of carbonyl (C=O) groups excluding carboxylic acids is 3. The van der Waals surface area contributed by atoms with Crippen molar-refractivity contribution in [2.75, 3.05) is 81.4 Å². The summed E-state index contributed by atoms with van der Waals surface area (Å²) in [4.78, 5) is 66.4. The Morgan fingerprint density at radius 2 is 1.02 bits per heavy atom. The summed E-state index contributed by atoms with van der Waals surface area (Å²) in [5.41, 5.74) is -6.28. The lowest BCUT2D eigenvalue weighted by atomic mass is 9.83. The van der Waals surface area contributed by atoms with E-state index in [2.05, 4.69) is 33.8 Å². The third-order valence-electron chi connectivity index (χ3n) is 19.3. The topological polar surface area (TPSA) is 723 Å². The first-order valence-electron chi connectivity index (χ1n) is 34.1. The first-order valence-corrected chi connectivity index (χ1v) is 43.4. The molecule has 0 aliphatic carbocycles. The number of rotatable bonds is 44. The van der Waals surface area contributed by atoms with Crippen molar-refractivity contribution < 1.29 is 218 Å². The van der Waals surface area contributed by atoms with E-state index in [1.165, 1.54) is 0 Å². The number of aliphatic carboxylic acids is 2. The number of urea groups is 1. The molecular weight excluding hydrogens is 1710 g/mol. The average Bonchev–Trinajstić information content (AvgIpc) is 0.856. The molecule has 13 N–H and O–H groups in total. The molecule has 0 radical (unpaired) electrons. The van der Waals surface area contributed by atoms with Gasteiger partial charge in [-0.1, -0.05) is 19.8 Å². The molecule has 0 aromatic carbocycles. The van der Waals surface area contributed by atoms with Gasteiger partial charge in [0, 0.05) is 73.0 Å². The van der Waals surface area contributed by atoms with E-state index in [4.69, 9.17) is 88.3 Å². The van der Waals surface area contributed by atoms with Crippen LogP contribution in [0.4, 0.5) is 4.79 Å². The van der Waals surface area contributed by atoms with Crippen molar-refractivity contribution in [1.29, 1.82) is 0 Å². The fraction of sp³-hybridized carbons (Fsp3) is 0.909. The highest BCUT2D eigenvalue weighted by Crippen LogP contribution is 2.47. The molecule has 9 heterocycles. The van der Waals surface area contributed by atoms with Gasteiger partial charge in [0.05, 0.1) is 38.5 Å². The first-order chi connectivity index (χ1) is 53.2. The van der Waals surface area contributed by atoms with E-state index in [0.29, 0.717) is 19.3 Å². The number of carboxylic acids is 2. The summed E-state index contributed by atoms with van der Waals surface area (Å²) in [6.07, 6.45) is -48.5. The smallest absolute Gasteiger partial charge is 0.397 e. The van der Waals surface area contributed by atoms with Crippen LogP contribution in [-0.2, 0) is 182 Å². The Hall–Kier alpha value is -3.96. The lowest BCUT2D eigenvalue weighted by Gasteiger charge is -2.57. The number of hydrogen-bond donors (Lipinski definition) is 13. The summed E-state index contributed by atoms with van der Waals surface area (Å²) in [7, 11) is -29.1. The molecule has 0 spiro atoms. The van der Waals surface area contributed by atoms with Crippen molar-refractivity contribution in [3.63, 3.8) is 0 Å². The summed E-state index contributed by atoms with van der Waals surface area (Å²) in [6.45, 7) is -4.13. The monoisotopic (exact) mass is 1800 g/mol. The maximum absolute atomic E-state index is 14.1. The van der Waals surface area contributed by atoms with Crippen molar-refractivity contribution in [1.82, 2.24) is 21.3 Å². The van der Waals surface area contributed by atoms with Crippen LogP contribution in [0.5, 0.6) is 0 Å². The molecule has 52 nitrogen and oxygen atoms in total. The normalized spacial score (nSPS) is 37.5. The number of nitrogens with one attached hydrogen (secondary N) is 4. The van der Waals surface area contributed by atoms with Crippen molar-refractivity contribution in [2.24, 2.45) is 0 Å². The highest BCUT2D eigenvalue weighted by atomic mass is 32.3. The highest BCUT2D eigenvalue weighted by molar-refractivity contribution is 8.00. The molecule has 4 unspecified atom stereocenters. The number of carboxylic acid groups (broad SMARTS) is 2. The third-order valence-corrected chi connectivity index (χ3v) is 23.5. The molecule has 9 rings (SSSR count). The van der Waals surface area contributed by atoms with Crippen LogP contribution in [0.1, 0.15) is 64.7 Å². The van der Waals surface area contributed by atoms with Crippen molar-refractivity contribution in [3.8, 4) is 0 Å². The summed E-state index contributed by atoms with van der Waals surface area (Å²) in [5.74, 6) is -4.46. The maximum atomic E-state index is 14.1. The Morgan fingerprint density at radius 3 is 1.55 bits per heavy atom. The predicted octanol–water partition coefficient (Wildman–Crippen LogP) is -6.14. The molecule has 0 saturated carbocycles. The fourth-order valence-corrected chi connectivity index (χ4v) is 18.2. The van der Waals surface area contributed by atoms with Gasteiger partial charge < -0.3 is 112 Å². The van der Waals surface area contributed by atoms with Crippen molar-refractivity contribution in [2.45, 2.75) is 235 Å². The Morgan fingerprint density at radius 1 is 0.509 bits per heavy atom. The zero-order valence-corrected chi connectivity index (χ0v) is 66.6. The van der Waals surface area contributed by atoms with Crippen LogP contribution in [0.3, 0.4) is 0 Å². The van der Waals surface area contributed by atoms with Gasteiger partial charge in [-0.2, -0.15) is 62.3 Å². The fourth-order valence-electron chi connectivity index (χ4n) is 14.3.